The van der Waals surface area contributed by atoms with Crippen molar-refractivity contribution in [1.29, 1.82) is 5.26 Å². The summed E-state index contributed by atoms with van der Waals surface area (Å²) in [5.74, 6) is -1.15. The predicted octanol–water partition coefficient (Wildman–Crippen LogP) is 4.91. The molecule has 0 saturated heterocycles. The standard InChI is InChI=1S/C16H12F3N/c17-16(18,19)10-15(11-20)14-8-6-13(7-9-14)12-4-2-1-3-5-12/h1-9,15H,10H2. The Hall–Kier alpha value is -2.28. The molecule has 0 amide bonds. The van der Waals surface area contributed by atoms with Crippen LogP contribution in [-0.2, 0) is 0 Å². The molecule has 0 aliphatic heterocycles. The molecule has 0 fully saturated rings. The Labute approximate surface area is 115 Å². The highest BCUT2D eigenvalue weighted by molar-refractivity contribution is 5.63. The van der Waals surface area contributed by atoms with Gasteiger partial charge in [0.25, 0.3) is 0 Å². The quantitative estimate of drug-likeness (QED) is 0.780. The first-order valence-corrected chi connectivity index (χ1v) is 6.11. The third-order valence-electron chi connectivity index (χ3n) is 3.01. The molecule has 2 aromatic rings. The highest BCUT2D eigenvalue weighted by Gasteiger charge is 2.32. The van der Waals surface area contributed by atoms with Crippen LogP contribution in [0.1, 0.15) is 17.9 Å². The molecule has 4 heteroatoms. The maximum atomic E-state index is 12.4. The molecular formula is C16H12F3N. The summed E-state index contributed by atoms with van der Waals surface area (Å²) >= 11 is 0. The second-order valence-electron chi connectivity index (χ2n) is 4.49. The molecule has 0 aliphatic rings. The molecule has 1 unspecified atom stereocenters. The highest BCUT2D eigenvalue weighted by atomic mass is 19.4. The number of rotatable bonds is 3. The summed E-state index contributed by atoms with van der Waals surface area (Å²) in [4.78, 5) is 0. The van der Waals surface area contributed by atoms with E-state index in [4.69, 9.17) is 5.26 Å². The van der Waals surface area contributed by atoms with Gasteiger partial charge in [-0.05, 0) is 16.7 Å². The van der Waals surface area contributed by atoms with Crippen LogP contribution in [0.4, 0.5) is 13.2 Å². The summed E-state index contributed by atoms with van der Waals surface area (Å²) in [6.45, 7) is 0. The Balaban J connectivity index is 2.22. The minimum Gasteiger partial charge on any atom is -0.198 e. The van der Waals surface area contributed by atoms with Crippen molar-refractivity contribution in [2.45, 2.75) is 18.5 Å². The van der Waals surface area contributed by atoms with E-state index in [1.165, 1.54) is 0 Å². The van der Waals surface area contributed by atoms with Crippen molar-refractivity contribution in [2.75, 3.05) is 0 Å². The molecule has 0 spiro atoms. The lowest BCUT2D eigenvalue weighted by Gasteiger charge is -2.12. The van der Waals surface area contributed by atoms with Crippen LogP contribution in [0.3, 0.4) is 0 Å². The molecule has 0 bridgehead atoms. The fourth-order valence-electron chi connectivity index (χ4n) is 2.01. The molecule has 0 heterocycles. The van der Waals surface area contributed by atoms with Crippen LogP contribution in [0.2, 0.25) is 0 Å². The number of benzene rings is 2. The van der Waals surface area contributed by atoms with Crippen LogP contribution in [0, 0.1) is 11.3 Å². The van der Waals surface area contributed by atoms with Gasteiger partial charge in [-0.25, -0.2) is 0 Å². The van der Waals surface area contributed by atoms with E-state index in [2.05, 4.69) is 0 Å². The smallest absolute Gasteiger partial charge is 0.198 e. The van der Waals surface area contributed by atoms with Crippen LogP contribution in [-0.4, -0.2) is 6.18 Å². The first kappa shape index (κ1) is 14.1. The monoisotopic (exact) mass is 275 g/mol. The molecule has 102 valence electrons. The molecular weight excluding hydrogens is 263 g/mol. The van der Waals surface area contributed by atoms with Gasteiger partial charge in [-0.3, -0.25) is 0 Å². The molecule has 2 aromatic carbocycles. The molecule has 0 N–H and O–H groups in total. The van der Waals surface area contributed by atoms with E-state index in [-0.39, 0.29) is 0 Å². The summed E-state index contributed by atoms with van der Waals surface area (Å²) in [5, 5.41) is 8.88. The van der Waals surface area contributed by atoms with Crippen LogP contribution in [0.5, 0.6) is 0 Å². The second kappa shape index (κ2) is 5.79. The zero-order chi connectivity index (χ0) is 14.6. The molecule has 0 aromatic heterocycles. The van der Waals surface area contributed by atoms with Gasteiger partial charge in [0.05, 0.1) is 18.4 Å². The number of alkyl halides is 3. The average molecular weight is 275 g/mol. The topological polar surface area (TPSA) is 23.8 Å². The first-order chi connectivity index (χ1) is 9.49. The van der Waals surface area contributed by atoms with E-state index < -0.39 is 18.5 Å². The number of halogens is 3. The van der Waals surface area contributed by atoms with E-state index in [0.717, 1.165) is 11.1 Å². The van der Waals surface area contributed by atoms with Gasteiger partial charge in [0.2, 0.25) is 0 Å². The van der Waals surface area contributed by atoms with Crippen LogP contribution in [0.25, 0.3) is 11.1 Å². The van der Waals surface area contributed by atoms with E-state index in [9.17, 15) is 13.2 Å². The van der Waals surface area contributed by atoms with E-state index >= 15 is 0 Å². The summed E-state index contributed by atoms with van der Waals surface area (Å²) in [6, 6.07) is 17.9. The Bertz CT molecular complexity index is 594. The minimum absolute atomic E-state index is 0.393. The Kier molecular flexibility index (Phi) is 4.09. The van der Waals surface area contributed by atoms with Gasteiger partial charge in [0, 0.05) is 0 Å². The zero-order valence-electron chi connectivity index (χ0n) is 10.6. The van der Waals surface area contributed by atoms with Gasteiger partial charge in [-0.15, -0.1) is 0 Å². The van der Waals surface area contributed by atoms with Gasteiger partial charge in [0.1, 0.15) is 0 Å². The number of nitriles is 1. The summed E-state index contributed by atoms with van der Waals surface area (Å²) in [6.07, 6.45) is -5.45. The van der Waals surface area contributed by atoms with Crippen LogP contribution < -0.4 is 0 Å². The summed E-state index contributed by atoms with van der Waals surface area (Å²) in [7, 11) is 0. The Morgan fingerprint density at radius 3 is 1.95 bits per heavy atom. The molecule has 20 heavy (non-hydrogen) atoms. The maximum absolute atomic E-state index is 12.4. The normalized spacial score (nSPS) is 12.7. The Morgan fingerprint density at radius 1 is 0.900 bits per heavy atom. The van der Waals surface area contributed by atoms with Crippen LogP contribution in [0.15, 0.2) is 54.6 Å². The zero-order valence-corrected chi connectivity index (χ0v) is 10.6. The lowest BCUT2D eigenvalue weighted by Crippen LogP contribution is -2.12. The first-order valence-electron chi connectivity index (χ1n) is 6.11. The second-order valence-corrected chi connectivity index (χ2v) is 4.49. The molecule has 1 nitrogen and oxygen atoms in total. The predicted molar refractivity (Wildman–Crippen MR) is 70.9 cm³/mol. The van der Waals surface area contributed by atoms with E-state index in [0.29, 0.717) is 5.56 Å². The molecule has 2 rings (SSSR count). The third-order valence-corrected chi connectivity index (χ3v) is 3.01. The maximum Gasteiger partial charge on any atom is 0.390 e. The van der Waals surface area contributed by atoms with E-state index in [1.807, 2.05) is 30.3 Å². The number of nitrogens with zero attached hydrogens (tertiary/aromatic N) is 1. The molecule has 1 atom stereocenters. The number of hydrogen-bond donors (Lipinski definition) is 0. The lowest BCUT2D eigenvalue weighted by molar-refractivity contribution is -0.136. The van der Waals surface area contributed by atoms with Crippen LogP contribution >= 0.6 is 0 Å². The van der Waals surface area contributed by atoms with Crippen molar-refractivity contribution in [1.82, 2.24) is 0 Å². The van der Waals surface area contributed by atoms with Crippen molar-refractivity contribution < 1.29 is 13.2 Å². The lowest BCUT2D eigenvalue weighted by atomic mass is 9.94. The largest absolute Gasteiger partial charge is 0.390 e. The van der Waals surface area contributed by atoms with E-state index in [1.54, 1.807) is 30.3 Å². The van der Waals surface area contributed by atoms with Crippen molar-refractivity contribution in [3.8, 4) is 17.2 Å². The average Bonchev–Trinajstić information content (AvgIpc) is 2.45. The fraction of sp³-hybridized carbons (Fsp3) is 0.188. The van der Waals surface area contributed by atoms with Gasteiger partial charge in [-0.1, -0.05) is 54.6 Å². The number of hydrogen-bond acceptors (Lipinski definition) is 1. The van der Waals surface area contributed by atoms with Gasteiger partial charge in [-0.2, -0.15) is 18.4 Å². The Morgan fingerprint density at radius 2 is 1.45 bits per heavy atom. The van der Waals surface area contributed by atoms with Crippen molar-refractivity contribution in [3.63, 3.8) is 0 Å². The molecule has 0 saturated carbocycles. The molecule has 0 aliphatic carbocycles. The minimum atomic E-state index is -4.33. The molecule has 0 radical (unpaired) electrons. The summed E-state index contributed by atoms with van der Waals surface area (Å²) < 4.78 is 37.1. The van der Waals surface area contributed by atoms with Crippen molar-refractivity contribution in [3.05, 3.63) is 60.2 Å². The third kappa shape index (κ3) is 3.61. The SMILES string of the molecule is N#CC(CC(F)(F)F)c1ccc(-c2ccccc2)cc1. The van der Waals surface area contributed by atoms with Crippen molar-refractivity contribution >= 4 is 0 Å². The summed E-state index contributed by atoms with van der Waals surface area (Å²) in [5.41, 5.74) is 2.30. The highest BCUT2D eigenvalue weighted by Crippen LogP contribution is 2.31. The fourth-order valence-corrected chi connectivity index (χ4v) is 2.01. The van der Waals surface area contributed by atoms with Gasteiger partial charge >= 0.3 is 6.18 Å². The van der Waals surface area contributed by atoms with Gasteiger partial charge < -0.3 is 0 Å². The van der Waals surface area contributed by atoms with Gasteiger partial charge in [0.15, 0.2) is 0 Å². The van der Waals surface area contributed by atoms with Crippen molar-refractivity contribution in [2.24, 2.45) is 0 Å².